The average molecular weight is 295 g/mol. The van der Waals surface area contributed by atoms with Crippen LogP contribution in [0.3, 0.4) is 0 Å². The van der Waals surface area contributed by atoms with Gasteiger partial charge in [-0.3, -0.25) is 9.59 Å². The van der Waals surface area contributed by atoms with Crippen LogP contribution < -0.4 is 5.32 Å². The van der Waals surface area contributed by atoms with Crippen LogP contribution in [0.1, 0.15) is 77.0 Å². The second-order valence-electron chi connectivity index (χ2n) is 6.97. The molecule has 2 saturated carbocycles. The second kappa shape index (κ2) is 7.81. The van der Waals surface area contributed by atoms with E-state index in [9.17, 15) is 14.7 Å². The van der Waals surface area contributed by atoms with E-state index in [4.69, 9.17) is 0 Å². The summed E-state index contributed by atoms with van der Waals surface area (Å²) in [6.07, 6.45) is 12.7. The predicted molar refractivity (Wildman–Crippen MR) is 82.0 cm³/mol. The Labute approximate surface area is 127 Å². The molecule has 0 unspecified atom stereocenters. The van der Waals surface area contributed by atoms with Crippen LogP contribution in [0.2, 0.25) is 0 Å². The first kappa shape index (κ1) is 16.3. The number of carbonyl (C=O) groups excluding carboxylic acids is 1. The molecule has 0 bridgehead atoms. The fourth-order valence-corrected chi connectivity index (χ4v) is 3.90. The third kappa shape index (κ3) is 4.72. The van der Waals surface area contributed by atoms with E-state index in [0.29, 0.717) is 25.8 Å². The number of carboxylic acids is 1. The van der Waals surface area contributed by atoms with Crippen LogP contribution in [0.5, 0.6) is 0 Å². The van der Waals surface area contributed by atoms with Crippen LogP contribution >= 0.6 is 0 Å². The molecule has 2 N–H and O–H groups in total. The van der Waals surface area contributed by atoms with Gasteiger partial charge in [0.05, 0.1) is 5.41 Å². The number of carbonyl (C=O) groups is 2. The molecule has 21 heavy (non-hydrogen) atoms. The molecule has 0 aromatic heterocycles. The minimum Gasteiger partial charge on any atom is -0.481 e. The minimum absolute atomic E-state index is 0.0262. The van der Waals surface area contributed by atoms with Gasteiger partial charge in [0.25, 0.3) is 0 Å². The summed E-state index contributed by atoms with van der Waals surface area (Å²) in [5, 5.41) is 12.2. The number of hydrogen-bond donors (Lipinski definition) is 2. The van der Waals surface area contributed by atoms with E-state index in [0.717, 1.165) is 31.6 Å². The molecule has 0 saturated heterocycles. The van der Waals surface area contributed by atoms with Crippen LogP contribution in [0.4, 0.5) is 0 Å². The second-order valence-corrected chi connectivity index (χ2v) is 6.97. The summed E-state index contributed by atoms with van der Waals surface area (Å²) in [4.78, 5) is 23.3. The normalized spacial score (nSPS) is 22.1. The molecular weight excluding hydrogens is 266 g/mol. The zero-order valence-electron chi connectivity index (χ0n) is 13.0. The standard InChI is InChI=1S/C17H29NO3/c19-15(10-6-9-14-7-2-1-3-8-14)18-13-17(16(20)21)11-4-5-12-17/h14H,1-13H2,(H,18,19)(H,20,21). The first-order valence-corrected chi connectivity index (χ1v) is 8.62. The van der Waals surface area contributed by atoms with E-state index in [1.165, 1.54) is 32.1 Å². The lowest BCUT2D eigenvalue weighted by Gasteiger charge is -2.24. The Kier molecular flexibility index (Phi) is 6.07. The fraction of sp³-hybridized carbons (Fsp3) is 0.882. The van der Waals surface area contributed by atoms with Crippen LogP contribution in [0.15, 0.2) is 0 Å². The molecule has 4 heteroatoms. The van der Waals surface area contributed by atoms with Crippen molar-refractivity contribution in [1.82, 2.24) is 5.32 Å². The Morgan fingerprint density at radius 2 is 1.71 bits per heavy atom. The lowest BCUT2D eigenvalue weighted by atomic mass is 9.85. The number of aliphatic carboxylic acids is 1. The highest BCUT2D eigenvalue weighted by Gasteiger charge is 2.41. The van der Waals surface area contributed by atoms with Gasteiger partial charge in [0.2, 0.25) is 5.91 Å². The minimum atomic E-state index is -0.748. The maximum atomic E-state index is 11.9. The van der Waals surface area contributed by atoms with Gasteiger partial charge >= 0.3 is 5.97 Å². The van der Waals surface area contributed by atoms with Crippen LogP contribution in [-0.4, -0.2) is 23.5 Å². The summed E-state index contributed by atoms with van der Waals surface area (Å²) in [5.74, 6) is 0.0904. The van der Waals surface area contributed by atoms with Gasteiger partial charge in [-0.05, 0) is 31.6 Å². The number of carboxylic acid groups (broad SMARTS) is 1. The van der Waals surface area contributed by atoms with Crippen molar-refractivity contribution in [3.63, 3.8) is 0 Å². The smallest absolute Gasteiger partial charge is 0.311 e. The van der Waals surface area contributed by atoms with E-state index in [-0.39, 0.29) is 5.91 Å². The number of nitrogens with one attached hydrogen (secondary N) is 1. The lowest BCUT2D eigenvalue weighted by molar-refractivity contribution is -0.148. The molecule has 2 aliphatic rings. The summed E-state index contributed by atoms with van der Waals surface area (Å²) < 4.78 is 0. The molecule has 0 spiro atoms. The predicted octanol–water partition coefficient (Wildman–Crippen LogP) is 3.50. The van der Waals surface area contributed by atoms with E-state index < -0.39 is 11.4 Å². The monoisotopic (exact) mass is 295 g/mol. The van der Waals surface area contributed by atoms with Crippen LogP contribution in [0.25, 0.3) is 0 Å². The molecule has 2 aliphatic carbocycles. The zero-order valence-corrected chi connectivity index (χ0v) is 13.0. The van der Waals surface area contributed by atoms with Gasteiger partial charge in [0.15, 0.2) is 0 Å². The third-order valence-electron chi connectivity index (χ3n) is 5.38. The Morgan fingerprint density at radius 1 is 1.05 bits per heavy atom. The molecule has 0 atom stereocenters. The van der Waals surface area contributed by atoms with Crippen molar-refractivity contribution in [3.05, 3.63) is 0 Å². The van der Waals surface area contributed by atoms with Gasteiger partial charge in [-0.15, -0.1) is 0 Å². The number of hydrogen-bond acceptors (Lipinski definition) is 2. The highest BCUT2D eigenvalue weighted by molar-refractivity contribution is 5.79. The molecule has 2 rings (SSSR count). The molecule has 0 heterocycles. The summed E-state index contributed by atoms with van der Waals surface area (Å²) in [6.45, 7) is 0.310. The molecule has 120 valence electrons. The van der Waals surface area contributed by atoms with Gasteiger partial charge in [-0.25, -0.2) is 0 Å². The van der Waals surface area contributed by atoms with E-state index >= 15 is 0 Å². The first-order valence-electron chi connectivity index (χ1n) is 8.62. The maximum absolute atomic E-state index is 11.9. The zero-order chi connectivity index (χ0) is 15.1. The Hall–Kier alpha value is -1.06. The molecule has 0 aromatic carbocycles. The highest BCUT2D eigenvalue weighted by Crippen LogP contribution is 2.37. The van der Waals surface area contributed by atoms with Crippen molar-refractivity contribution in [2.24, 2.45) is 11.3 Å². The SMILES string of the molecule is O=C(CCCC1CCCCC1)NCC1(C(=O)O)CCCC1. The van der Waals surface area contributed by atoms with Crippen molar-refractivity contribution < 1.29 is 14.7 Å². The quantitative estimate of drug-likeness (QED) is 0.755. The molecule has 2 fully saturated rings. The van der Waals surface area contributed by atoms with Crippen molar-refractivity contribution in [2.45, 2.75) is 77.0 Å². The van der Waals surface area contributed by atoms with Gasteiger partial charge in [-0.1, -0.05) is 44.9 Å². The molecular formula is C17H29NO3. The molecule has 4 nitrogen and oxygen atoms in total. The largest absolute Gasteiger partial charge is 0.481 e. The van der Waals surface area contributed by atoms with Crippen molar-refractivity contribution in [2.75, 3.05) is 6.54 Å². The van der Waals surface area contributed by atoms with Gasteiger partial charge in [-0.2, -0.15) is 0 Å². The highest BCUT2D eigenvalue weighted by atomic mass is 16.4. The molecule has 0 aromatic rings. The van der Waals surface area contributed by atoms with E-state index in [1.54, 1.807) is 0 Å². The third-order valence-corrected chi connectivity index (χ3v) is 5.38. The van der Waals surface area contributed by atoms with Gasteiger partial charge in [0.1, 0.15) is 0 Å². The Bertz CT molecular complexity index is 355. The van der Waals surface area contributed by atoms with Crippen LogP contribution in [0, 0.1) is 11.3 Å². The summed E-state index contributed by atoms with van der Waals surface area (Å²) in [6, 6.07) is 0. The lowest BCUT2D eigenvalue weighted by Crippen LogP contribution is -2.41. The van der Waals surface area contributed by atoms with Gasteiger partial charge < -0.3 is 10.4 Å². The summed E-state index contributed by atoms with van der Waals surface area (Å²) in [7, 11) is 0. The number of amides is 1. The Balaban J connectivity index is 1.63. The summed E-state index contributed by atoms with van der Waals surface area (Å²) in [5.41, 5.74) is -0.695. The molecule has 1 amide bonds. The number of rotatable bonds is 7. The van der Waals surface area contributed by atoms with E-state index in [2.05, 4.69) is 5.32 Å². The first-order chi connectivity index (χ1) is 10.1. The van der Waals surface area contributed by atoms with Crippen molar-refractivity contribution in [1.29, 1.82) is 0 Å². The average Bonchev–Trinajstić information content (AvgIpc) is 2.96. The van der Waals surface area contributed by atoms with Gasteiger partial charge in [0, 0.05) is 13.0 Å². The topological polar surface area (TPSA) is 66.4 Å². The molecule has 0 aliphatic heterocycles. The Morgan fingerprint density at radius 3 is 2.33 bits per heavy atom. The van der Waals surface area contributed by atoms with Crippen LogP contribution in [-0.2, 0) is 9.59 Å². The fourth-order valence-electron chi connectivity index (χ4n) is 3.90. The van der Waals surface area contributed by atoms with Crippen molar-refractivity contribution in [3.8, 4) is 0 Å². The summed E-state index contributed by atoms with van der Waals surface area (Å²) >= 11 is 0. The van der Waals surface area contributed by atoms with E-state index in [1.807, 2.05) is 0 Å². The molecule has 0 radical (unpaired) electrons. The van der Waals surface area contributed by atoms with Crippen molar-refractivity contribution >= 4 is 11.9 Å². The maximum Gasteiger partial charge on any atom is 0.311 e.